The Bertz CT molecular complexity index is 841. The second-order valence-electron chi connectivity index (χ2n) is 8.82. The summed E-state index contributed by atoms with van der Waals surface area (Å²) in [6, 6.07) is 8.79. The van der Waals surface area contributed by atoms with E-state index >= 15 is 0 Å². The number of benzene rings is 1. The summed E-state index contributed by atoms with van der Waals surface area (Å²) in [5, 5.41) is 3.57. The first kappa shape index (κ1) is 19.9. The molecule has 30 heavy (non-hydrogen) atoms. The molecule has 6 nitrogen and oxygen atoms in total. The van der Waals surface area contributed by atoms with Crippen molar-refractivity contribution in [1.29, 1.82) is 0 Å². The van der Waals surface area contributed by atoms with Crippen molar-refractivity contribution < 1.29 is 4.74 Å². The third-order valence-corrected chi connectivity index (χ3v) is 6.54. The number of rotatable bonds is 8. The maximum absolute atomic E-state index is 5.67. The van der Waals surface area contributed by atoms with Gasteiger partial charge in [-0.1, -0.05) is 24.3 Å². The summed E-state index contributed by atoms with van der Waals surface area (Å²) in [5.41, 5.74) is 4.61. The summed E-state index contributed by atoms with van der Waals surface area (Å²) in [7, 11) is 0. The Balaban J connectivity index is 1.26. The number of nitrogens with zero attached hydrogens (tertiary/aromatic N) is 4. The Morgan fingerprint density at radius 1 is 0.867 bits per heavy atom. The fourth-order valence-electron chi connectivity index (χ4n) is 4.80. The molecule has 3 aliphatic heterocycles. The van der Waals surface area contributed by atoms with Crippen molar-refractivity contribution in [2.75, 3.05) is 44.6 Å². The van der Waals surface area contributed by atoms with E-state index in [-0.39, 0.29) is 0 Å². The van der Waals surface area contributed by atoms with Crippen molar-refractivity contribution in [1.82, 2.24) is 19.8 Å². The lowest BCUT2D eigenvalue weighted by atomic mass is 10.1. The van der Waals surface area contributed by atoms with Crippen molar-refractivity contribution >= 4 is 5.82 Å². The molecule has 2 saturated heterocycles. The van der Waals surface area contributed by atoms with Gasteiger partial charge in [0.2, 0.25) is 0 Å². The molecule has 1 N–H and O–H groups in total. The maximum Gasteiger partial charge on any atom is 0.161 e. The topological polar surface area (TPSA) is 53.5 Å². The second kappa shape index (κ2) is 9.41. The van der Waals surface area contributed by atoms with Gasteiger partial charge in [-0.2, -0.15) is 0 Å². The van der Waals surface area contributed by atoms with Crippen LogP contribution in [0.2, 0.25) is 0 Å². The highest BCUT2D eigenvalue weighted by molar-refractivity contribution is 5.60. The van der Waals surface area contributed by atoms with E-state index in [0.717, 1.165) is 48.0 Å². The van der Waals surface area contributed by atoms with Crippen molar-refractivity contribution in [2.45, 2.75) is 51.9 Å². The van der Waals surface area contributed by atoms with E-state index in [9.17, 15) is 0 Å². The van der Waals surface area contributed by atoms with E-state index in [4.69, 9.17) is 14.7 Å². The van der Waals surface area contributed by atoms with Crippen LogP contribution in [-0.4, -0.2) is 59.0 Å². The summed E-state index contributed by atoms with van der Waals surface area (Å²) in [6.45, 7) is 9.31. The van der Waals surface area contributed by atoms with Crippen LogP contribution in [0.5, 0.6) is 0 Å². The predicted octanol–water partition coefficient (Wildman–Crippen LogP) is 3.67. The Kier molecular flexibility index (Phi) is 6.25. The van der Waals surface area contributed by atoms with Crippen molar-refractivity contribution in [2.24, 2.45) is 0 Å². The molecule has 6 heteroatoms. The van der Waals surface area contributed by atoms with Gasteiger partial charge in [-0.05, 0) is 70.4 Å². The minimum Gasteiger partial charge on any atom is -0.370 e. The van der Waals surface area contributed by atoms with Gasteiger partial charge >= 0.3 is 0 Å². The van der Waals surface area contributed by atoms with Gasteiger partial charge in [-0.3, -0.25) is 4.90 Å². The molecule has 3 aliphatic rings. The minimum absolute atomic E-state index is 0.584. The monoisotopic (exact) mass is 407 g/mol. The van der Waals surface area contributed by atoms with E-state index in [1.54, 1.807) is 0 Å². The molecule has 0 aliphatic carbocycles. The van der Waals surface area contributed by atoms with E-state index < -0.39 is 0 Å². The van der Waals surface area contributed by atoms with Crippen molar-refractivity contribution in [3.05, 3.63) is 41.1 Å². The summed E-state index contributed by atoms with van der Waals surface area (Å²) in [6.07, 6.45) is 6.50. The van der Waals surface area contributed by atoms with Crippen LogP contribution < -0.4 is 5.32 Å². The van der Waals surface area contributed by atoms with Gasteiger partial charge < -0.3 is 15.0 Å². The third kappa shape index (κ3) is 4.66. The normalized spacial score (nSPS) is 19.5. The van der Waals surface area contributed by atoms with Crippen LogP contribution >= 0.6 is 0 Å². The second-order valence-corrected chi connectivity index (χ2v) is 8.82. The van der Waals surface area contributed by atoms with Gasteiger partial charge in [0.15, 0.2) is 5.82 Å². The van der Waals surface area contributed by atoms with Gasteiger partial charge in [0.25, 0.3) is 0 Å². The zero-order chi connectivity index (χ0) is 20.2. The number of fused-ring (bicyclic) bond motifs is 1. The van der Waals surface area contributed by atoms with Crippen LogP contribution in [0, 0.1) is 0 Å². The van der Waals surface area contributed by atoms with Gasteiger partial charge in [-0.25, -0.2) is 9.97 Å². The zero-order valence-electron chi connectivity index (χ0n) is 17.9. The molecule has 2 aromatic rings. The lowest BCUT2D eigenvalue weighted by Gasteiger charge is -2.16. The molecule has 1 aromatic carbocycles. The number of hydrogen-bond donors (Lipinski definition) is 1. The van der Waals surface area contributed by atoms with Crippen LogP contribution in [0.3, 0.4) is 0 Å². The SMILES string of the molecule is c1cc(-c2nc3c(c(NCCCN4CCCC4)n2)COC3)ccc1CN1CCCC1. The first-order valence-electron chi connectivity index (χ1n) is 11.6. The highest BCUT2D eigenvalue weighted by Gasteiger charge is 2.21. The third-order valence-electron chi connectivity index (χ3n) is 6.54. The molecule has 0 atom stereocenters. The lowest BCUT2D eigenvalue weighted by Crippen LogP contribution is -2.22. The molecule has 0 spiro atoms. The number of ether oxygens (including phenoxy) is 1. The van der Waals surface area contributed by atoms with Gasteiger partial charge in [-0.15, -0.1) is 0 Å². The van der Waals surface area contributed by atoms with Crippen molar-refractivity contribution in [3.8, 4) is 11.4 Å². The average Bonchev–Trinajstić information content (AvgIpc) is 3.54. The van der Waals surface area contributed by atoms with E-state index in [2.05, 4.69) is 39.4 Å². The summed E-state index contributed by atoms with van der Waals surface area (Å²) < 4.78 is 5.67. The predicted molar refractivity (Wildman–Crippen MR) is 119 cm³/mol. The van der Waals surface area contributed by atoms with Crippen LogP contribution in [-0.2, 0) is 24.5 Å². The standard InChI is InChI=1S/C24H33N5O/c1-2-12-28(11-1)15-5-10-25-24-21-17-30-18-22(21)26-23(27-24)20-8-6-19(7-9-20)16-29-13-3-4-14-29/h6-9H,1-5,10-18H2,(H,25,26,27). The Hall–Kier alpha value is -2.02. The first-order valence-corrected chi connectivity index (χ1v) is 11.6. The van der Waals surface area contributed by atoms with E-state index in [0.29, 0.717) is 13.2 Å². The average molecular weight is 408 g/mol. The van der Waals surface area contributed by atoms with Gasteiger partial charge in [0.1, 0.15) is 5.82 Å². The fraction of sp³-hybridized carbons (Fsp3) is 0.583. The molecular formula is C24H33N5O. The van der Waals surface area contributed by atoms with E-state index in [1.165, 1.54) is 64.0 Å². The molecule has 0 amide bonds. The molecule has 0 bridgehead atoms. The summed E-state index contributed by atoms with van der Waals surface area (Å²) in [4.78, 5) is 14.8. The van der Waals surface area contributed by atoms with Crippen LogP contribution in [0.25, 0.3) is 11.4 Å². The Labute approximate surface area is 179 Å². The van der Waals surface area contributed by atoms with E-state index in [1.807, 2.05) is 0 Å². The molecule has 0 saturated carbocycles. The minimum atomic E-state index is 0.584. The molecule has 4 heterocycles. The smallest absolute Gasteiger partial charge is 0.161 e. The quantitative estimate of drug-likeness (QED) is 0.674. The number of anilines is 1. The molecule has 5 rings (SSSR count). The summed E-state index contributed by atoms with van der Waals surface area (Å²) in [5.74, 6) is 1.75. The Morgan fingerprint density at radius 3 is 2.37 bits per heavy atom. The van der Waals surface area contributed by atoms with Crippen LogP contribution in [0.15, 0.2) is 24.3 Å². The largest absolute Gasteiger partial charge is 0.370 e. The fourth-order valence-corrected chi connectivity index (χ4v) is 4.80. The van der Waals surface area contributed by atoms with Crippen LogP contribution in [0.1, 0.15) is 48.9 Å². The Morgan fingerprint density at radius 2 is 1.60 bits per heavy atom. The highest BCUT2D eigenvalue weighted by Crippen LogP contribution is 2.28. The maximum atomic E-state index is 5.67. The molecular weight excluding hydrogens is 374 g/mol. The number of aromatic nitrogens is 2. The number of likely N-dealkylation sites (tertiary alicyclic amines) is 2. The van der Waals surface area contributed by atoms with Crippen LogP contribution in [0.4, 0.5) is 5.82 Å². The molecule has 0 radical (unpaired) electrons. The molecule has 160 valence electrons. The molecule has 0 unspecified atom stereocenters. The first-order chi connectivity index (χ1) is 14.8. The zero-order valence-corrected chi connectivity index (χ0v) is 17.9. The summed E-state index contributed by atoms with van der Waals surface area (Å²) >= 11 is 0. The molecule has 1 aromatic heterocycles. The highest BCUT2D eigenvalue weighted by atomic mass is 16.5. The number of nitrogens with one attached hydrogen (secondary N) is 1. The lowest BCUT2D eigenvalue weighted by molar-refractivity contribution is 0.133. The van der Waals surface area contributed by atoms with Gasteiger partial charge in [0, 0.05) is 24.2 Å². The van der Waals surface area contributed by atoms with Gasteiger partial charge in [0.05, 0.1) is 18.9 Å². The van der Waals surface area contributed by atoms with Crippen molar-refractivity contribution in [3.63, 3.8) is 0 Å². The molecule has 2 fully saturated rings. The number of hydrogen-bond acceptors (Lipinski definition) is 6.